The van der Waals surface area contributed by atoms with Gasteiger partial charge in [0.1, 0.15) is 11.3 Å². The molecule has 5 N–H and O–H groups in total. The van der Waals surface area contributed by atoms with Crippen LogP contribution in [0.4, 0.5) is 0 Å². The molecule has 2 aromatic rings. The monoisotopic (exact) mass is 223 g/mol. The van der Waals surface area contributed by atoms with Crippen LogP contribution in [0.1, 0.15) is 25.6 Å². The third-order valence-corrected chi connectivity index (χ3v) is 2.63. The Morgan fingerprint density at radius 3 is 2.50 bits per heavy atom. The lowest BCUT2D eigenvalue weighted by atomic mass is 10.0. The van der Waals surface area contributed by atoms with Gasteiger partial charge in [-0.05, 0) is 6.92 Å². The number of nitrogens with one attached hydrogen (secondary N) is 3. The van der Waals surface area contributed by atoms with Gasteiger partial charge in [-0.3, -0.25) is 14.8 Å². The zero-order chi connectivity index (χ0) is 11.9. The van der Waals surface area contributed by atoms with Gasteiger partial charge in [-0.1, -0.05) is 6.92 Å². The number of nitrogens with zero attached hydrogens (tertiary/aromatic N) is 1. The van der Waals surface area contributed by atoms with Gasteiger partial charge in [0.05, 0.1) is 0 Å². The number of nitrogens with two attached hydrogens (primary N) is 1. The van der Waals surface area contributed by atoms with E-state index >= 15 is 0 Å². The van der Waals surface area contributed by atoms with Gasteiger partial charge >= 0.3 is 5.69 Å². The summed E-state index contributed by atoms with van der Waals surface area (Å²) in [7, 11) is 0. The first kappa shape index (κ1) is 10.6. The standard InChI is InChI=1S/C9H13N5O2/c1-3(4(2)10)6-11-5-7(12-6)13-9(16)14-8(5)15/h3-4H,10H2,1-2H3,(H3,11,12,13,14,15,16). The molecule has 0 saturated carbocycles. The van der Waals surface area contributed by atoms with Crippen molar-refractivity contribution in [3.8, 4) is 0 Å². The van der Waals surface area contributed by atoms with E-state index in [2.05, 4.69) is 19.9 Å². The maximum atomic E-state index is 11.4. The summed E-state index contributed by atoms with van der Waals surface area (Å²) in [6.45, 7) is 3.75. The summed E-state index contributed by atoms with van der Waals surface area (Å²) in [4.78, 5) is 34.0. The van der Waals surface area contributed by atoms with Crippen LogP contribution in [0.5, 0.6) is 0 Å². The van der Waals surface area contributed by atoms with Gasteiger partial charge in [0, 0.05) is 12.0 Å². The highest BCUT2D eigenvalue weighted by Gasteiger charge is 2.16. The summed E-state index contributed by atoms with van der Waals surface area (Å²) in [6.07, 6.45) is 0. The summed E-state index contributed by atoms with van der Waals surface area (Å²) < 4.78 is 0. The molecule has 0 radical (unpaired) electrons. The molecule has 2 heterocycles. The van der Waals surface area contributed by atoms with Gasteiger partial charge in [-0.25, -0.2) is 9.78 Å². The van der Waals surface area contributed by atoms with Crippen LogP contribution >= 0.6 is 0 Å². The van der Waals surface area contributed by atoms with Crippen molar-refractivity contribution in [3.63, 3.8) is 0 Å². The van der Waals surface area contributed by atoms with E-state index in [9.17, 15) is 9.59 Å². The highest BCUT2D eigenvalue weighted by atomic mass is 16.2. The van der Waals surface area contributed by atoms with Crippen LogP contribution in [-0.4, -0.2) is 26.0 Å². The number of hydrogen-bond donors (Lipinski definition) is 4. The van der Waals surface area contributed by atoms with Crippen molar-refractivity contribution in [2.75, 3.05) is 0 Å². The number of aromatic amines is 3. The first-order valence-electron chi connectivity index (χ1n) is 4.97. The topological polar surface area (TPSA) is 120 Å². The number of imidazole rings is 1. The van der Waals surface area contributed by atoms with Crippen molar-refractivity contribution in [3.05, 3.63) is 26.7 Å². The molecule has 0 bridgehead atoms. The molecule has 0 aliphatic carbocycles. The molecule has 2 atom stereocenters. The second-order valence-electron chi connectivity index (χ2n) is 3.90. The number of rotatable bonds is 2. The second kappa shape index (κ2) is 3.60. The van der Waals surface area contributed by atoms with Crippen molar-refractivity contribution in [1.29, 1.82) is 0 Å². The molecule has 7 nitrogen and oxygen atoms in total. The third kappa shape index (κ3) is 1.65. The van der Waals surface area contributed by atoms with E-state index in [4.69, 9.17) is 5.73 Å². The number of aromatic nitrogens is 4. The Morgan fingerprint density at radius 2 is 1.88 bits per heavy atom. The lowest BCUT2D eigenvalue weighted by Gasteiger charge is -2.11. The van der Waals surface area contributed by atoms with Crippen molar-refractivity contribution in [1.82, 2.24) is 19.9 Å². The largest absolute Gasteiger partial charge is 0.336 e. The molecule has 2 unspecified atom stereocenters. The fourth-order valence-electron chi connectivity index (χ4n) is 1.42. The molecule has 2 rings (SSSR count). The van der Waals surface area contributed by atoms with Crippen LogP contribution in [-0.2, 0) is 0 Å². The molecule has 0 fully saturated rings. The van der Waals surface area contributed by atoms with Crippen molar-refractivity contribution in [2.24, 2.45) is 5.73 Å². The van der Waals surface area contributed by atoms with Crippen LogP contribution in [0.2, 0.25) is 0 Å². The van der Waals surface area contributed by atoms with E-state index in [0.717, 1.165) is 0 Å². The predicted octanol–water partition coefficient (Wildman–Crippen LogP) is -0.610. The molecule has 86 valence electrons. The fraction of sp³-hybridized carbons (Fsp3) is 0.444. The SMILES string of the molecule is CC(N)C(C)c1nc2[nH]c(=O)[nH]c(=O)c2[nH]1. The average Bonchev–Trinajstić information content (AvgIpc) is 2.60. The quantitative estimate of drug-likeness (QED) is 0.542. The first-order valence-corrected chi connectivity index (χ1v) is 4.97. The van der Waals surface area contributed by atoms with Crippen LogP contribution in [0, 0.1) is 0 Å². The van der Waals surface area contributed by atoms with Crippen LogP contribution in [0.25, 0.3) is 11.2 Å². The molecule has 0 aliphatic heterocycles. The fourth-order valence-corrected chi connectivity index (χ4v) is 1.42. The minimum absolute atomic E-state index is 0.0182. The van der Waals surface area contributed by atoms with Crippen LogP contribution in [0.3, 0.4) is 0 Å². The molecule has 16 heavy (non-hydrogen) atoms. The smallest absolute Gasteiger partial charge is 0.327 e. The van der Waals surface area contributed by atoms with E-state index in [1.54, 1.807) is 0 Å². The summed E-state index contributed by atoms with van der Waals surface area (Å²) in [6, 6.07) is -0.0913. The lowest BCUT2D eigenvalue weighted by molar-refractivity contribution is 0.588. The normalized spacial score (nSPS) is 15.2. The van der Waals surface area contributed by atoms with Crippen molar-refractivity contribution in [2.45, 2.75) is 25.8 Å². The third-order valence-electron chi connectivity index (χ3n) is 2.63. The van der Waals surface area contributed by atoms with Gasteiger partial charge in [0.15, 0.2) is 5.65 Å². The van der Waals surface area contributed by atoms with Gasteiger partial charge in [-0.2, -0.15) is 0 Å². The molecule has 7 heteroatoms. The molecule has 0 aromatic carbocycles. The Morgan fingerprint density at radius 1 is 1.19 bits per heavy atom. The lowest BCUT2D eigenvalue weighted by Crippen LogP contribution is -2.23. The van der Waals surface area contributed by atoms with E-state index < -0.39 is 11.2 Å². The number of fused-ring (bicyclic) bond motifs is 1. The molecule has 0 aliphatic rings. The Kier molecular flexibility index (Phi) is 2.39. The molecule has 2 aromatic heterocycles. The van der Waals surface area contributed by atoms with Gasteiger partial charge < -0.3 is 10.7 Å². The molecular formula is C9H13N5O2. The maximum Gasteiger partial charge on any atom is 0.327 e. The van der Waals surface area contributed by atoms with E-state index in [0.29, 0.717) is 5.82 Å². The Labute approximate surface area is 90.1 Å². The zero-order valence-corrected chi connectivity index (χ0v) is 9.00. The Hall–Kier alpha value is -1.89. The zero-order valence-electron chi connectivity index (χ0n) is 9.00. The summed E-state index contributed by atoms with van der Waals surface area (Å²) in [5.41, 5.74) is 5.22. The van der Waals surface area contributed by atoms with Gasteiger partial charge in [0.2, 0.25) is 0 Å². The Bertz CT molecular complexity index is 621. The second-order valence-corrected chi connectivity index (χ2v) is 3.90. The molecular weight excluding hydrogens is 210 g/mol. The van der Waals surface area contributed by atoms with Crippen LogP contribution in [0.15, 0.2) is 9.59 Å². The summed E-state index contributed by atoms with van der Waals surface area (Å²) in [5.74, 6) is 0.577. The molecule has 0 amide bonds. The minimum atomic E-state index is -0.566. The van der Waals surface area contributed by atoms with Gasteiger partial charge in [0.25, 0.3) is 5.56 Å². The summed E-state index contributed by atoms with van der Waals surface area (Å²) in [5, 5.41) is 0. The van der Waals surface area contributed by atoms with Crippen LogP contribution < -0.4 is 17.0 Å². The van der Waals surface area contributed by atoms with E-state index in [-0.39, 0.29) is 23.1 Å². The Balaban J connectivity index is 2.65. The van der Waals surface area contributed by atoms with Crippen molar-refractivity contribution >= 4 is 11.2 Å². The van der Waals surface area contributed by atoms with Crippen molar-refractivity contribution < 1.29 is 0 Å². The molecule has 0 saturated heterocycles. The molecule has 0 spiro atoms. The highest BCUT2D eigenvalue weighted by Crippen LogP contribution is 2.15. The minimum Gasteiger partial charge on any atom is -0.336 e. The van der Waals surface area contributed by atoms with Gasteiger partial charge in [-0.15, -0.1) is 0 Å². The first-order chi connectivity index (χ1) is 7.49. The maximum absolute atomic E-state index is 11.4. The van der Waals surface area contributed by atoms with E-state index in [1.165, 1.54) is 0 Å². The summed E-state index contributed by atoms with van der Waals surface area (Å²) >= 11 is 0. The highest BCUT2D eigenvalue weighted by molar-refractivity contribution is 5.68. The number of H-pyrrole nitrogens is 3. The average molecular weight is 223 g/mol. The number of hydrogen-bond acceptors (Lipinski definition) is 4. The predicted molar refractivity (Wildman–Crippen MR) is 59.4 cm³/mol. The van der Waals surface area contributed by atoms with E-state index in [1.807, 2.05) is 13.8 Å².